The quantitative estimate of drug-likeness (QED) is 0.851. The molecule has 1 aromatic rings. The first-order valence-corrected chi connectivity index (χ1v) is 9.70. The Morgan fingerprint density at radius 1 is 1.50 bits per heavy atom. The van der Waals surface area contributed by atoms with Crippen LogP contribution in [0.5, 0.6) is 0 Å². The van der Waals surface area contributed by atoms with Crippen LogP contribution in [0, 0.1) is 0 Å². The molecule has 130 valence electrons. The lowest BCUT2D eigenvalue weighted by Crippen LogP contribution is -2.52. The number of benzene rings is 1. The van der Waals surface area contributed by atoms with Gasteiger partial charge in [-0.15, -0.1) is 6.58 Å². The van der Waals surface area contributed by atoms with Crippen molar-refractivity contribution in [1.29, 1.82) is 0 Å². The molecule has 2 aliphatic rings. The molecule has 1 fully saturated rings. The molecule has 0 aromatic heterocycles. The van der Waals surface area contributed by atoms with E-state index in [2.05, 4.69) is 25.6 Å². The highest BCUT2D eigenvalue weighted by Gasteiger charge is 2.38. The molecule has 1 amide bonds. The van der Waals surface area contributed by atoms with E-state index in [0.717, 1.165) is 12.2 Å². The van der Waals surface area contributed by atoms with E-state index in [9.17, 15) is 4.79 Å². The van der Waals surface area contributed by atoms with Gasteiger partial charge in [-0.2, -0.15) is 11.8 Å². The third-order valence-electron chi connectivity index (χ3n) is 4.92. The van der Waals surface area contributed by atoms with Crippen molar-refractivity contribution in [3.05, 3.63) is 48.0 Å². The molecule has 0 radical (unpaired) electrons. The van der Waals surface area contributed by atoms with Crippen LogP contribution in [0.4, 0.5) is 0 Å². The predicted molar refractivity (Wildman–Crippen MR) is 99.0 cm³/mol. The summed E-state index contributed by atoms with van der Waals surface area (Å²) in [5, 5.41) is 0.288. The second-order valence-electron chi connectivity index (χ2n) is 6.38. The zero-order valence-corrected chi connectivity index (χ0v) is 15.0. The van der Waals surface area contributed by atoms with Gasteiger partial charge in [0.2, 0.25) is 0 Å². The molecular weight excluding hydrogens is 320 g/mol. The summed E-state index contributed by atoms with van der Waals surface area (Å²) in [6, 6.07) is 8.21. The van der Waals surface area contributed by atoms with Gasteiger partial charge in [0.1, 0.15) is 6.10 Å². The van der Waals surface area contributed by atoms with Crippen LogP contribution in [0.25, 0.3) is 0 Å². The summed E-state index contributed by atoms with van der Waals surface area (Å²) in [4.78, 5) is 14.9. The smallest absolute Gasteiger partial charge is 0.252 e. The van der Waals surface area contributed by atoms with E-state index in [1.165, 1.54) is 11.1 Å². The molecule has 3 rings (SSSR count). The molecule has 2 heterocycles. The first-order chi connectivity index (χ1) is 11.7. The van der Waals surface area contributed by atoms with Crippen LogP contribution in [0.3, 0.4) is 0 Å². The van der Waals surface area contributed by atoms with Crippen LogP contribution in [0.1, 0.15) is 30.5 Å². The molecular formula is C19H26N2O2S. The molecule has 24 heavy (non-hydrogen) atoms. The van der Waals surface area contributed by atoms with Gasteiger partial charge in [0, 0.05) is 17.8 Å². The van der Waals surface area contributed by atoms with E-state index in [1.807, 2.05) is 34.9 Å². The zero-order valence-electron chi connectivity index (χ0n) is 14.2. The van der Waals surface area contributed by atoms with Crippen LogP contribution in [-0.2, 0) is 16.0 Å². The lowest BCUT2D eigenvalue weighted by Gasteiger charge is -2.40. The number of ether oxygens (including phenoxy) is 1. The van der Waals surface area contributed by atoms with Gasteiger partial charge in [-0.1, -0.05) is 37.3 Å². The molecule has 1 aromatic carbocycles. The Labute approximate surface area is 148 Å². The van der Waals surface area contributed by atoms with Crippen molar-refractivity contribution in [2.45, 2.75) is 43.2 Å². The monoisotopic (exact) mass is 346 g/mol. The van der Waals surface area contributed by atoms with Gasteiger partial charge in [0.05, 0.1) is 12.6 Å². The van der Waals surface area contributed by atoms with Gasteiger partial charge in [-0.05, 0) is 29.7 Å². The SMILES string of the molecule is C=C[C@H]1c2ccccc2CCN1C(=O)[C@H]1C[C@H](N)C(SCC)CO1. The molecule has 0 saturated carbocycles. The Balaban J connectivity index is 1.73. The number of nitrogens with zero attached hydrogens (tertiary/aromatic N) is 1. The summed E-state index contributed by atoms with van der Waals surface area (Å²) < 4.78 is 5.88. The summed E-state index contributed by atoms with van der Waals surface area (Å²) in [7, 11) is 0. The Bertz CT molecular complexity index is 607. The van der Waals surface area contributed by atoms with Crippen molar-refractivity contribution in [3.8, 4) is 0 Å². The molecule has 0 aliphatic carbocycles. The molecule has 2 N–H and O–H groups in total. The maximum absolute atomic E-state index is 13.0. The van der Waals surface area contributed by atoms with Crippen LogP contribution in [-0.4, -0.2) is 47.1 Å². The average Bonchev–Trinajstić information content (AvgIpc) is 2.62. The summed E-state index contributed by atoms with van der Waals surface area (Å²) >= 11 is 1.81. The maximum Gasteiger partial charge on any atom is 0.252 e. The number of rotatable bonds is 4. The van der Waals surface area contributed by atoms with Gasteiger partial charge in [-0.25, -0.2) is 0 Å². The number of nitrogens with two attached hydrogens (primary N) is 1. The fourth-order valence-electron chi connectivity index (χ4n) is 3.64. The lowest BCUT2D eigenvalue weighted by molar-refractivity contribution is -0.148. The van der Waals surface area contributed by atoms with Crippen LogP contribution < -0.4 is 5.73 Å². The van der Waals surface area contributed by atoms with Gasteiger partial charge >= 0.3 is 0 Å². The molecule has 0 spiro atoms. The second-order valence-corrected chi connectivity index (χ2v) is 7.89. The van der Waals surface area contributed by atoms with Crippen molar-refractivity contribution in [2.75, 3.05) is 18.9 Å². The zero-order chi connectivity index (χ0) is 17.1. The summed E-state index contributed by atoms with van der Waals surface area (Å²) in [5.74, 6) is 1.06. The number of thioether (sulfide) groups is 1. The van der Waals surface area contributed by atoms with Gasteiger partial charge in [0.25, 0.3) is 5.91 Å². The van der Waals surface area contributed by atoms with Crippen LogP contribution >= 0.6 is 11.8 Å². The normalized spacial score (nSPS) is 29.8. The highest BCUT2D eigenvalue weighted by atomic mass is 32.2. The molecule has 1 unspecified atom stereocenters. The Morgan fingerprint density at radius 3 is 3.00 bits per heavy atom. The van der Waals surface area contributed by atoms with Crippen LogP contribution in [0.15, 0.2) is 36.9 Å². The van der Waals surface area contributed by atoms with E-state index in [0.29, 0.717) is 19.6 Å². The third-order valence-corrected chi connectivity index (χ3v) is 6.17. The highest BCUT2D eigenvalue weighted by molar-refractivity contribution is 7.99. The minimum Gasteiger partial charge on any atom is -0.367 e. The van der Waals surface area contributed by atoms with E-state index in [-0.39, 0.29) is 23.2 Å². The summed E-state index contributed by atoms with van der Waals surface area (Å²) in [6.07, 6.45) is 2.90. The fourth-order valence-corrected chi connectivity index (χ4v) is 4.61. The number of carbonyl (C=O) groups is 1. The summed E-state index contributed by atoms with van der Waals surface area (Å²) in [5.41, 5.74) is 8.75. The van der Waals surface area contributed by atoms with Crippen molar-refractivity contribution in [1.82, 2.24) is 4.90 Å². The van der Waals surface area contributed by atoms with Crippen molar-refractivity contribution in [2.24, 2.45) is 5.73 Å². The minimum atomic E-state index is -0.429. The standard InChI is InChI=1S/C19H26N2O2S/c1-3-16-14-8-6-5-7-13(14)9-10-21(16)19(22)17-11-15(20)18(12-23-17)24-4-2/h3,5-8,15-18H,1,4,9-12,20H2,2H3/t15-,16-,17+,18?/m0/s1. The van der Waals surface area contributed by atoms with E-state index >= 15 is 0 Å². The lowest BCUT2D eigenvalue weighted by atomic mass is 9.91. The largest absolute Gasteiger partial charge is 0.367 e. The van der Waals surface area contributed by atoms with Crippen molar-refractivity contribution >= 4 is 17.7 Å². The molecule has 1 saturated heterocycles. The molecule has 0 bridgehead atoms. The molecule has 5 heteroatoms. The maximum atomic E-state index is 13.0. The number of hydrogen-bond acceptors (Lipinski definition) is 4. The number of hydrogen-bond donors (Lipinski definition) is 1. The van der Waals surface area contributed by atoms with Gasteiger partial charge in [0.15, 0.2) is 0 Å². The van der Waals surface area contributed by atoms with Gasteiger partial charge in [-0.3, -0.25) is 4.79 Å². The highest BCUT2D eigenvalue weighted by Crippen LogP contribution is 2.32. The topological polar surface area (TPSA) is 55.6 Å². The van der Waals surface area contributed by atoms with Gasteiger partial charge < -0.3 is 15.4 Å². The number of carbonyl (C=O) groups excluding carboxylic acids is 1. The second kappa shape index (κ2) is 7.72. The average molecular weight is 346 g/mol. The molecule has 2 aliphatic heterocycles. The molecule has 4 nitrogen and oxygen atoms in total. The first-order valence-electron chi connectivity index (χ1n) is 8.65. The fraction of sp³-hybridized carbons (Fsp3) is 0.526. The van der Waals surface area contributed by atoms with Crippen LogP contribution in [0.2, 0.25) is 0 Å². The Morgan fingerprint density at radius 2 is 2.29 bits per heavy atom. The number of fused-ring (bicyclic) bond motifs is 1. The van der Waals surface area contributed by atoms with E-state index in [4.69, 9.17) is 10.5 Å². The molecule has 4 atom stereocenters. The minimum absolute atomic E-state index is 0.0110. The summed E-state index contributed by atoms with van der Waals surface area (Å²) in [6.45, 7) is 7.33. The van der Waals surface area contributed by atoms with E-state index in [1.54, 1.807) is 0 Å². The van der Waals surface area contributed by atoms with E-state index < -0.39 is 6.10 Å². The predicted octanol–water partition coefficient (Wildman–Crippen LogP) is 2.54. The number of amides is 1. The Hall–Kier alpha value is -1.30. The third kappa shape index (κ3) is 3.39. The Kier molecular flexibility index (Phi) is 5.64. The van der Waals surface area contributed by atoms with Crippen molar-refractivity contribution < 1.29 is 9.53 Å². The van der Waals surface area contributed by atoms with Crippen molar-refractivity contribution in [3.63, 3.8) is 0 Å². The first kappa shape index (κ1) is 17.5.